The van der Waals surface area contributed by atoms with Crippen LogP contribution in [0.3, 0.4) is 0 Å². The highest BCUT2D eigenvalue weighted by Crippen LogP contribution is 2.31. The number of amides is 1. The van der Waals surface area contributed by atoms with Gasteiger partial charge < -0.3 is 20.1 Å². The Bertz CT molecular complexity index is 951. The summed E-state index contributed by atoms with van der Waals surface area (Å²) in [7, 11) is 0. The van der Waals surface area contributed by atoms with Gasteiger partial charge in [0.2, 0.25) is 5.91 Å². The molecule has 1 aliphatic rings. The summed E-state index contributed by atoms with van der Waals surface area (Å²) in [5.74, 6) is -0.831. The highest BCUT2D eigenvalue weighted by molar-refractivity contribution is 5.91. The van der Waals surface area contributed by atoms with E-state index < -0.39 is 5.97 Å². The Kier molecular flexibility index (Phi) is 8.75. The van der Waals surface area contributed by atoms with Crippen molar-refractivity contribution in [2.75, 3.05) is 18.0 Å². The predicted molar refractivity (Wildman–Crippen MR) is 131 cm³/mol. The van der Waals surface area contributed by atoms with Crippen molar-refractivity contribution in [2.45, 2.75) is 71.4 Å². The largest absolute Gasteiger partial charge is 0.490 e. The Morgan fingerprint density at radius 3 is 2.48 bits per heavy atom. The van der Waals surface area contributed by atoms with Crippen molar-refractivity contribution in [3.8, 4) is 5.75 Å². The van der Waals surface area contributed by atoms with Crippen molar-refractivity contribution in [3.63, 3.8) is 0 Å². The molecule has 1 amide bonds. The first-order valence-corrected chi connectivity index (χ1v) is 12.0. The number of nitrogens with one attached hydrogen (secondary N) is 1. The fraction of sp³-hybridized carbons (Fsp3) is 0.481. The number of aromatic carboxylic acids is 1. The maximum absolute atomic E-state index is 13.0. The Morgan fingerprint density at radius 1 is 1.09 bits per heavy atom. The average Bonchev–Trinajstić information content (AvgIpc) is 2.79. The zero-order valence-electron chi connectivity index (χ0n) is 20.0. The van der Waals surface area contributed by atoms with Crippen LogP contribution in [-0.4, -0.2) is 36.2 Å². The average molecular weight is 453 g/mol. The summed E-state index contributed by atoms with van der Waals surface area (Å²) in [5, 5.41) is 12.7. The molecule has 1 unspecified atom stereocenters. The van der Waals surface area contributed by atoms with Crippen LogP contribution in [0.4, 0.5) is 5.69 Å². The molecule has 178 valence electrons. The third-order valence-corrected chi connectivity index (χ3v) is 5.93. The van der Waals surface area contributed by atoms with Gasteiger partial charge in [-0.25, -0.2) is 4.79 Å². The quantitative estimate of drug-likeness (QED) is 0.507. The monoisotopic (exact) mass is 452 g/mol. The van der Waals surface area contributed by atoms with Gasteiger partial charge in [-0.15, -0.1) is 0 Å². The van der Waals surface area contributed by atoms with Gasteiger partial charge in [0, 0.05) is 18.8 Å². The molecule has 0 bridgehead atoms. The van der Waals surface area contributed by atoms with Crippen molar-refractivity contribution in [1.29, 1.82) is 0 Å². The number of ether oxygens (including phenoxy) is 1. The number of carbonyl (C=O) groups excluding carboxylic acids is 1. The number of hydrogen-bond acceptors (Lipinski definition) is 4. The van der Waals surface area contributed by atoms with E-state index in [2.05, 4.69) is 35.3 Å². The third kappa shape index (κ3) is 6.73. The van der Waals surface area contributed by atoms with E-state index in [4.69, 9.17) is 4.74 Å². The standard InChI is InChI=1S/C27H36N2O4/c1-4-10-23(21-11-6-7-12-24(21)29-15-8-5-9-16-29)28-26(30)18-20-13-14-22(27(31)32)25(17-20)33-19(2)3/h6-7,11-14,17,19,23H,4-5,8-10,15-16,18H2,1-3H3,(H,28,30)(H,31,32). The Labute approximate surface area is 196 Å². The van der Waals surface area contributed by atoms with Crippen molar-refractivity contribution < 1.29 is 19.4 Å². The maximum atomic E-state index is 13.0. The minimum absolute atomic E-state index is 0.0645. The lowest BCUT2D eigenvalue weighted by Crippen LogP contribution is -2.34. The van der Waals surface area contributed by atoms with Gasteiger partial charge in [-0.2, -0.15) is 0 Å². The van der Waals surface area contributed by atoms with Crippen LogP contribution in [0, 0.1) is 0 Å². The molecule has 0 spiro atoms. The highest BCUT2D eigenvalue weighted by atomic mass is 16.5. The Balaban J connectivity index is 1.77. The minimum atomic E-state index is -1.04. The van der Waals surface area contributed by atoms with Crippen LogP contribution in [0.2, 0.25) is 0 Å². The highest BCUT2D eigenvalue weighted by Gasteiger charge is 2.22. The van der Waals surface area contributed by atoms with Gasteiger partial charge in [-0.1, -0.05) is 37.6 Å². The van der Waals surface area contributed by atoms with Crippen molar-refractivity contribution in [2.24, 2.45) is 0 Å². The van der Waals surface area contributed by atoms with Gasteiger partial charge in [0.15, 0.2) is 0 Å². The minimum Gasteiger partial charge on any atom is -0.490 e. The Hall–Kier alpha value is -3.02. The second-order valence-corrected chi connectivity index (χ2v) is 8.99. The molecular weight excluding hydrogens is 416 g/mol. The lowest BCUT2D eigenvalue weighted by molar-refractivity contribution is -0.121. The van der Waals surface area contributed by atoms with Crippen molar-refractivity contribution >= 4 is 17.6 Å². The van der Waals surface area contributed by atoms with E-state index in [1.54, 1.807) is 12.1 Å². The van der Waals surface area contributed by atoms with Crippen LogP contribution < -0.4 is 15.0 Å². The molecule has 33 heavy (non-hydrogen) atoms. The maximum Gasteiger partial charge on any atom is 0.339 e. The molecule has 1 heterocycles. The summed E-state index contributed by atoms with van der Waals surface area (Å²) in [5.41, 5.74) is 3.22. The van der Waals surface area contributed by atoms with E-state index in [1.165, 1.54) is 36.6 Å². The number of carboxylic acids is 1. The fourth-order valence-electron chi connectivity index (χ4n) is 4.43. The fourth-order valence-corrected chi connectivity index (χ4v) is 4.43. The predicted octanol–water partition coefficient (Wildman–Crippen LogP) is 5.36. The summed E-state index contributed by atoms with van der Waals surface area (Å²) in [6.45, 7) is 7.93. The molecule has 6 nitrogen and oxygen atoms in total. The van der Waals surface area contributed by atoms with Crippen LogP contribution >= 0.6 is 0 Å². The van der Waals surface area contributed by atoms with Gasteiger partial charge in [0.1, 0.15) is 11.3 Å². The number of rotatable bonds is 10. The molecular formula is C27H36N2O4. The van der Waals surface area contributed by atoms with Crippen LogP contribution in [0.5, 0.6) is 5.75 Å². The second kappa shape index (κ2) is 11.7. The third-order valence-electron chi connectivity index (χ3n) is 5.93. The van der Waals surface area contributed by atoms with Gasteiger partial charge in [-0.05, 0) is 68.9 Å². The molecule has 2 aromatic carbocycles. The molecule has 0 saturated carbocycles. The van der Waals surface area contributed by atoms with E-state index in [9.17, 15) is 14.7 Å². The first-order chi connectivity index (χ1) is 15.9. The SMILES string of the molecule is CCCC(NC(=O)Cc1ccc(C(=O)O)c(OC(C)C)c1)c1ccccc1N1CCCCC1. The molecule has 1 atom stereocenters. The van der Waals surface area contributed by atoms with Crippen LogP contribution in [-0.2, 0) is 11.2 Å². The summed E-state index contributed by atoms with van der Waals surface area (Å²) < 4.78 is 5.68. The number of benzene rings is 2. The van der Waals surface area contributed by atoms with Gasteiger partial charge >= 0.3 is 5.97 Å². The number of hydrogen-bond donors (Lipinski definition) is 2. The van der Waals surface area contributed by atoms with Crippen LogP contribution in [0.25, 0.3) is 0 Å². The lowest BCUT2D eigenvalue weighted by Gasteiger charge is -2.32. The summed E-state index contributed by atoms with van der Waals surface area (Å²) in [6, 6.07) is 13.2. The van der Waals surface area contributed by atoms with Crippen LogP contribution in [0.1, 0.15) is 80.4 Å². The van der Waals surface area contributed by atoms with Gasteiger partial charge in [-0.3, -0.25) is 4.79 Å². The number of carboxylic acid groups (broad SMARTS) is 1. The Morgan fingerprint density at radius 2 is 1.82 bits per heavy atom. The van der Waals surface area contributed by atoms with Crippen LogP contribution in [0.15, 0.2) is 42.5 Å². The zero-order valence-corrected chi connectivity index (χ0v) is 20.0. The molecule has 1 saturated heterocycles. The van der Waals surface area contributed by atoms with E-state index in [1.807, 2.05) is 19.9 Å². The molecule has 0 aromatic heterocycles. The number of piperidine rings is 1. The molecule has 1 fully saturated rings. The van der Waals surface area contributed by atoms with E-state index >= 15 is 0 Å². The number of nitrogens with zero attached hydrogens (tertiary/aromatic N) is 1. The molecule has 2 aromatic rings. The summed E-state index contributed by atoms with van der Waals surface area (Å²) in [6.07, 6.45) is 5.50. The van der Waals surface area contributed by atoms with Crippen molar-refractivity contribution in [1.82, 2.24) is 5.32 Å². The molecule has 3 rings (SSSR count). The molecule has 0 radical (unpaired) electrons. The normalized spacial score (nSPS) is 14.7. The summed E-state index contributed by atoms with van der Waals surface area (Å²) >= 11 is 0. The first kappa shape index (κ1) is 24.6. The lowest BCUT2D eigenvalue weighted by atomic mass is 9.97. The van der Waals surface area contributed by atoms with E-state index in [0.29, 0.717) is 5.75 Å². The second-order valence-electron chi connectivity index (χ2n) is 8.99. The van der Waals surface area contributed by atoms with E-state index in [0.717, 1.165) is 31.5 Å². The van der Waals surface area contributed by atoms with E-state index in [-0.39, 0.29) is 30.0 Å². The topological polar surface area (TPSA) is 78.9 Å². The first-order valence-electron chi connectivity index (χ1n) is 12.0. The molecule has 0 aliphatic carbocycles. The zero-order chi connectivity index (χ0) is 23.8. The number of anilines is 1. The number of para-hydroxylation sites is 1. The molecule has 2 N–H and O–H groups in total. The summed E-state index contributed by atoms with van der Waals surface area (Å²) in [4.78, 5) is 27.0. The molecule has 1 aliphatic heterocycles. The van der Waals surface area contributed by atoms with Gasteiger partial charge in [0.05, 0.1) is 18.6 Å². The number of carbonyl (C=O) groups is 2. The molecule has 6 heteroatoms. The smallest absolute Gasteiger partial charge is 0.339 e. The van der Waals surface area contributed by atoms with Crippen molar-refractivity contribution in [3.05, 3.63) is 59.2 Å². The van der Waals surface area contributed by atoms with Gasteiger partial charge in [0.25, 0.3) is 0 Å².